The van der Waals surface area contributed by atoms with Crippen molar-refractivity contribution in [3.8, 4) is 5.75 Å². The molecule has 2 atom stereocenters. The van der Waals surface area contributed by atoms with E-state index < -0.39 is 0 Å². The van der Waals surface area contributed by atoms with Crippen molar-refractivity contribution in [3.63, 3.8) is 0 Å². The minimum absolute atomic E-state index is 0.0470. The van der Waals surface area contributed by atoms with E-state index in [1.54, 1.807) is 0 Å². The lowest BCUT2D eigenvalue weighted by molar-refractivity contribution is 0.0621. The number of hydrogen-bond acceptors (Lipinski definition) is 2. The summed E-state index contributed by atoms with van der Waals surface area (Å²) >= 11 is 0. The molecular weight excluding hydrogens is 246 g/mol. The SMILES string of the molecule is CCC(N)C(Oc1ccc2c(c1)CCCC2)C(C)(C)C. The van der Waals surface area contributed by atoms with Crippen molar-refractivity contribution in [1.82, 2.24) is 0 Å². The molecule has 1 aliphatic rings. The first-order valence-electron chi connectivity index (χ1n) is 7.96. The van der Waals surface area contributed by atoms with Gasteiger partial charge in [0.25, 0.3) is 0 Å². The third-order valence-electron chi connectivity index (χ3n) is 4.30. The quantitative estimate of drug-likeness (QED) is 0.898. The van der Waals surface area contributed by atoms with E-state index in [-0.39, 0.29) is 17.6 Å². The molecule has 1 aliphatic carbocycles. The highest BCUT2D eigenvalue weighted by atomic mass is 16.5. The van der Waals surface area contributed by atoms with E-state index in [0.717, 1.165) is 12.2 Å². The van der Waals surface area contributed by atoms with Crippen molar-refractivity contribution >= 4 is 0 Å². The molecule has 112 valence electrons. The lowest BCUT2D eigenvalue weighted by Gasteiger charge is -2.35. The third-order valence-corrected chi connectivity index (χ3v) is 4.30. The number of fused-ring (bicyclic) bond motifs is 1. The minimum atomic E-state index is 0.0470. The van der Waals surface area contributed by atoms with Crippen molar-refractivity contribution in [2.24, 2.45) is 11.1 Å². The zero-order valence-electron chi connectivity index (χ0n) is 13.4. The maximum absolute atomic E-state index is 6.27. The summed E-state index contributed by atoms with van der Waals surface area (Å²) in [5.74, 6) is 0.981. The molecule has 0 aromatic heterocycles. The van der Waals surface area contributed by atoms with Gasteiger partial charge in [-0.2, -0.15) is 0 Å². The number of hydrogen-bond donors (Lipinski definition) is 1. The monoisotopic (exact) mass is 275 g/mol. The van der Waals surface area contributed by atoms with Crippen molar-refractivity contribution < 1.29 is 4.74 Å². The van der Waals surface area contributed by atoms with Gasteiger partial charge in [0.15, 0.2) is 0 Å². The highest BCUT2D eigenvalue weighted by Gasteiger charge is 2.31. The largest absolute Gasteiger partial charge is 0.488 e. The van der Waals surface area contributed by atoms with Crippen LogP contribution in [0.2, 0.25) is 0 Å². The maximum atomic E-state index is 6.27. The maximum Gasteiger partial charge on any atom is 0.120 e. The number of aryl methyl sites for hydroxylation is 2. The summed E-state index contributed by atoms with van der Waals surface area (Å²) in [6, 6.07) is 6.66. The standard InChI is InChI=1S/C18H29NO/c1-5-16(19)17(18(2,3)4)20-15-11-10-13-8-6-7-9-14(13)12-15/h10-12,16-17H,5-9,19H2,1-4H3. The fourth-order valence-corrected chi connectivity index (χ4v) is 3.05. The van der Waals surface area contributed by atoms with Crippen LogP contribution in [0.4, 0.5) is 0 Å². The second kappa shape index (κ2) is 6.17. The van der Waals surface area contributed by atoms with E-state index in [0.29, 0.717) is 0 Å². The van der Waals surface area contributed by atoms with Crippen LogP contribution < -0.4 is 10.5 Å². The molecule has 0 fully saturated rings. The summed E-state index contributed by atoms with van der Waals surface area (Å²) in [5.41, 5.74) is 9.27. The summed E-state index contributed by atoms with van der Waals surface area (Å²) in [7, 11) is 0. The first kappa shape index (κ1) is 15.4. The Balaban J connectivity index is 2.18. The molecule has 2 heteroatoms. The Kier molecular flexibility index (Phi) is 4.74. The molecule has 0 saturated heterocycles. The molecule has 0 heterocycles. The predicted molar refractivity (Wildman–Crippen MR) is 85.2 cm³/mol. The van der Waals surface area contributed by atoms with Crippen LogP contribution in [0.3, 0.4) is 0 Å². The van der Waals surface area contributed by atoms with Gasteiger partial charge in [-0.1, -0.05) is 33.8 Å². The molecule has 0 saturated carbocycles. The Labute approximate surface area is 123 Å². The third kappa shape index (κ3) is 3.54. The van der Waals surface area contributed by atoms with Crippen LogP contribution in [-0.2, 0) is 12.8 Å². The van der Waals surface area contributed by atoms with Gasteiger partial charge >= 0.3 is 0 Å². The molecule has 1 aromatic carbocycles. The molecule has 0 spiro atoms. The van der Waals surface area contributed by atoms with Gasteiger partial charge in [0, 0.05) is 11.5 Å². The first-order valence-corrected chi connectivity index (χ1v) is 7.96. The second-order valence-corrected chi connectivity index (χ2v) is 7.11. The number of rotatable bonds is 4. The van der Waals surface area contributed by atoms with Gasteiger partial charge in [-0.3, -0.25) is 0 Å². The van der Waals surface area contributed by atoms with Crippen molar-refractivity contribution in [3.05, 3.63) is 29.3 Å². The van der Waals surface area contributed by atoms with Gasteiger partial charge in [-0.05, 0) is 55.4 Å². The smallest absolute Gasteiger partial charge is 0.120 e. The van der Waals surface area contributed by atoms with Crippen LogP contribution in [0, 0.1) is 5.41 Å². The van der Waals surface area contributed by atoms with E-state index in [1.165, 1.54) is 36.8 Å². The number of nitrogens with two attached hydrogens (primary N) is 1. The molecule has 0 radical (unpaired) electrons. The van der Waals surface area contributed by atoms with Gasteiger partial charge < -0.3 is 10.5 Å². The lowest BCUT2D eigenvalue weighted by Crippen LogP contribution is -2.47. The van der Waals surface area contributed by atoms with Crippen molar-refractivity contribution in [1.29, 1.82) is 0 Å². The average molecular weight is 275 g/mol. The molecule has 2 unspecified atom stereocenters. The highest BCUT2D eigenvalue weighted by molar-refractivity contribution is 5.37. The topological polar surface area (TPSA) is 35.2 Å². The summed E-state index contributed by atoms with van der Waals surface area (Å²) < 4.78 is 6.27. The Morgan fingerprint density at radius 1 is 1.15 bits per heavy atom. The Morgan fingerprint density at radius 2 is 1.80 bits per heavy atom. The fraction of sp³-hybridized carbons (Fsp3) is 0.667. The Bertz CT molecular complexity index is 447. The van der Waals surface area contributed by atoms with Gasteiger partial charge in [-0.25, -0.2) is 0 Å². The first-order chi connectivity index (χ1) is 9.41. The molecule has 2 rings (SSSR count). The van der Waals surface area contributed by atoms with Gasteiger partial charge in [-0.15, -0.1) is 0 Å². The second-order valence-electron chi connectivity index (χ2n) is 7.11. The molecule has 1 aromatic rings. The summed E-state index contributed by atoms with van der Waals surface area (Å²) in [6.07, 6.45) is 6.01. The van der Waals surface area contributed by atoms with Crippen molar-refractivity contribution in [2.45, 2.75) is 71.9 Å². The van der Waals surface area contributed by atoms with E-state index in [1.807, 2.05) is 0 Å². The van der Waals surface area contributed by atoms with Crippen LogP contribution in [0.25, 0.3) is 0 Å². The van der Waals surface area contributed by atoms with Gasteiger partial charge in [0.05, 0.1) is 0 Å². The van der Waals surface area contributed by atoms with Gasteiger partial charge in [0.1, 0.15) is 11.9 Å². The van der Waals surface area contributed by atoms with E-state index in [9.17, 15) is 0 Å². The molecular formula is C18H29NO. The summed E-state index contributed by atoms with van der Waals surface area (Å²) in [4.78, 5) is 0. The summed E-state index contributed by atoms with van der Waals surface area (Å²) in [6.45, 7) is 8.72. The predicted octanol–water partition coefficient (Wildman–Crippen LogP) is 4.10. The molecule has 0 aliphatic heterocycles. The van der Waals surface area contributed by atoms with Crippen LogP contribution in [0.1, 0.15) is 58.1 Å². The Morgan fingerprint density at radius 3 is 2.40 bits per heavy atom. The van der Waals surface area contributed by atoms with Crippen LogP contribution >= 0.6 is 0 Å². The van der Waals surface area contributed by atoms with E-state index >= 15 is 0 Å². The number of benzene rings is 1. The molecule has 20 heavy (non-hydrogen) atoms. The molecule has 0 amide bonds. The highest BCUT2D eigenvalue weighted by Crippen LogP contribution is 2.30. The van der Waals surface area contributed by atoms with Crippen molar-refractivity contribution in [2.75, 3.05) is 0 Å². The fourth-order valence-electron chi connectivity index (χ4n) is 3.05. The number of ether oxygens (including phenoxy) is 1. The lowest BCUT2D eigenvalue weighted by atomic mass is 9.84. The van der Waals surface area contributed by atoms with E-state index in [4.69, 9.17) is 10.5 Å². The Hall–Kier alpha value is -1.02. The van der Waals surface area contributed by atoms with E-state index in [2.05, 4.69) is 45.9 Å². The van der Waals surface area contributed by atoms with Gasteiger partial charge in [0.2, 0.25) is 0 Å². The minimum Gasteiger partial charge on any atom is -0.488 e. The van der Waals surface area contributed by atoms with Crippen LogP contribution in [-0.4, -0.2) is 12.1 Å². The summed E-state index contributed by atoms with van der Waals surface area (Å²) in [5, 5.41) is 0. The molecule has 0 bridgehead atoms. The zero-order chi connectivity index (χ0) is 14.8. The molecule has 2 nitrogen and oxygen atoms in total. The van der Waals surface area contributed by atoms with Crippen LogP contribution in [0.5, 0.6) is 5.75 Å². The average Bonchev–Trinajstić information content (AvgIpc) is 2.42. The molecule has 2 N–H and O–H groups in total. The normalized spacial score (nSPS) is 18.2. The van der Waals surface area contributed by atoms with Crippen LogP contribution in [0.15, 0.2) is 18.2 Å². The zero-order valence-corrected chi connectivity index (χ0v) is 13.4.